The monoisotopic (exact) mass is 472 g/mol. The van der Waals surface area contributed by atoms with E-state index in [1.165, 1.54) is 23.6 Å². The summed E-state index contributed by atoms with van der Waals surface area (Å²) in [5.74, 6) is -0.478. The highest BCUT2D eigenvalue weighted by Crippen LogP contribution is 2.31. The number of halogens is 1. The third-order valence-electron chi connectivity index (χ3n) is 5.29. The van der Waals surface area contributed by atoms with Gasteiger partial charge in [0, 0.05) is 22.3 Å². The molecule has 8 nitrogen and oxygen atoms in total. The second-order valence-corrected chi connectivity index (χ2v) is 8.63. The Morgan fingerprint density at radius 2 is 2.09 bits per heavy atom. The van der Waals surface area contributed by atoms with E-state index in [2.05, 4.69) is 15.3 Å². The number of aryl methyl sites for hydroxylation is 1. The summed E-state index contributed by atoms with van der Waals surface area (Å²) in [4.78, 5) is 35.7. The number of aliphatic hydroxyl groups excluding tert-OH is 1. The van der Waals surface area contributed by atoms with Crippen LogP contribution < -0.4 is 5.32 Å². The molecule has 2 amide bonds. The molecule has 32 heavy (non-hydrogen) atoms. The van der Waals surface area contributed by atoms with Gasteiger partial charge in [0.15, 0.2) is 0 Å². The van der Waals surface area contributed by atoms with Gasteiger partial charge in [0.2, 0.25) is 5.91 Å². The number of pyridine rings is 1. The Morgan fingerprint density at radius 3 is 2.75 bits per heavy atom. The first-order valence-corrected chi connectivity index (χ1v) is 11.2. The van der Waals surface area contributed by atoms with Crippen molar-refractivity contribution in [2.45, 2.75) is 25.6 Å². The van der Waals surface area contributed by atoms with E-state index >= 15 is 0 Å². The zero-order valence-corrected chi connectivity index (χ0v) is 18.8. The van der Waals surface area contributed by atoms with E-state index in [-0.39, 0.29) is 30.2 Å². The van der Waals surface area contributed by atoms with Crippen molar-refractivity contribution in [1.29, 1.82) is 0 Å². The molecule has 0 bridgehead atoms. The average Bonchev–Trinajstić information content (AvgIpc) is 3.20. The second-order valence-electron chi connectivity index (χ2n) is 7.31. The number of carbonyl (C=O) groups excluding carboxylic acids is 2. The van der Waals surface area contributed by atoms with Crippen LogP contribution in [0.25, 0.3) is 0 Å². The van der Waals surface area contributed by atoms with Gasteiger partial charge in [-0.05, 0) is 36.8 Å². The van der Waals surface area contributed by atoms with E-state index < -0.39 is 12.1 Å². The van der Waals surface area contributed by atoms with E-state index in [9.17, 15) is 14.7 Å². The number of aromatic nitrogens is 2. The summed E-state index contributed by atoms with van der Waals surface area (Å²) in [6, 6.07) is 9.67. The molecule has 166 valence electrons. The Morgan fingerprint density at radius 1 is 1.31 bits per heavy atom. The van der Waals surface area contributed by atoms with Gasteiger partial charge >= 0.3 is 0 Å². The molecule has 0 unspecified atom stereocenters. The van der Waals surface area contributed by atoms with Gasteiger partial charge in [-0.25, -0.2) is 9.97 Å². The summed E-state index contributed by atoms with van der Waals surface area (Å²) in [5.41, 5.74) is 4.41. The Labute approximate surface area is 193 Å². The maximum Gasteiger partial charge on any atom is 0.255 e. The number of anilines is 1. The number of benzene rings is 1. The predicted molar refractivity (Wildman–Crippen MR) is 121 cm³/mol. The van der Waals surface area contributed by atoms with E-state index in [1.54, 1.807) is 28.6 Å². The lowest BCUT2D eigenvalue weighted by Crippen LogP contribution is -2.52. The highest BCUT2D eigenvalue weighted by Gasteiger charge is 2.37. The molecular weight excluding hydrogens is 452 g/mol. The van der Waals surface area contributed by atoms with Crippen molar-refractivity contribution in [3.63, 3.8) is 0 Å². The predicted octanol–water partition coefficient (Wildman–Crippen LogP) is 3.21. The Balaban J connectivity index is 1.49. The Kier molecular flexibility index (Phi) is 6.80. The van der Waals surface area contributed by atoms with E-state index in [0.29, 0.717) is 17.8 Å². The molecule has 0 saturated carbocycles. The van der Waals surface area contributed by atoms with Crippen molar-refractivity contribution in [3.05, 3.63) is 75.0 Å². The van der Waals surface area contributed by atoms with Crippen LogP contribution in [0.5, 0.6) is 0 Å². The number of ether oxygens (including phenoxy) is 1. The van der Waals surface area contributed by atoms with Gasteiger partial charge in [0.1, 0.15) is 17.9 Å². The smallest absolute Gasteiger partial charge is 0.255 e. The number of thiazole rings is 1. The van der Waals surface area contributed by atoms with Gasteiger partial charge in [-0.2, -0.15) is 0 Å². The maximum atomic E-state index is 12.5. The number of nitrogens with one attached hydrogen (secondary N) is 1. The molecular formula is C22H21ClN4O4S. The van der Waals surface area contributed by atoms with Gasteiger partial charge in [0.05, 0.1) is 30.4 Å². The minimum absolute atomic E-state index is 0.0691. The van der Waals surface area contributed by atoms with Gasteiger partial charge in [-0.3, -0.25) is 9.59 Å². The standard InChI is InChI=1S/C22H21ClN4O4S/c1-13-18(32-12-25-13)9-27-17(10-28)21(31-11-20(27)29)14-2-4-16(5-3-14)26-22(30)15-6-7-24-19(23)8-15/h2-8,12,17,21,28H,9-11H2,1H3,(H,26,30)/t17-,21-/m1/s1. The lowest BCUT2D eigenvalue weighted by Gasteiger charge is -2.40. The molecule has 1 aliphatic heterocycles. The molecule has 10 heteroatoms. The topological polar surface area (TPSA) is 105 Å². The fraction of sp³-hybridized carbons (Fsp3) is 0.273. The molecule has 2 aromatic heterocycles. The summed E-state index contributed by atoms with van der Waals surface area (Å²) in [7, 11) is 0. The fourth-order valence-corrected chi connectivity index (χ4v) is 4.51. The molecule has 0 aliphatic carbocycles. The number of nitrogens with zero attached hydrogens (tertiary/aromatic N) is 3. The van der Waals surface area contributed by atoms with Crippen LogP contribution in [-0.2, 0) is 16.1 Å². The summed E-state index contributed by atoms with van der Waals surface area (Å²) in [5, 5.41) is 13.1. The number of morpholine rings is 1. The highest BCUT2D eigenvalue weighted by molar-refractivity contribution is 7.09. The lowest BCUT2D eigenvalue weighted by atomic mass is 9.99. The number of carbonyl (C=O) groups is 2. The largest absolute Gasteiger partial charge is 0.394 e. The molecule has 3 aromatic rings. The average molecular weight is 473 g/mol. The van der Waals surface area contributed by atoms with Crippen molar-refractivity contribution >= 4 is 40.4 Å². The van der Waals surface area contributed by atoms with E-state index in [1.807, 2.05) is 19.1 Å². The van der Waals surface area contributed by atoms with Gasteiger partial charge < -0.3 is 20.1 Å². The lowest BCUT2D eigenvalue weighted by molar-refractivity contribution is -0.161. The number of hydrogen-bond acceptors (Lipinski definition) is 7. The van der Waals surface area contributed by atoms with Crippen LogP contribution in [0, 0.1) is 6.92 Å². The van der Waals surface area contributed by atoms with E-state index in [0.717, 1.165) is 16.1 Å². The van der Waals surface area contributed by atoms with Crippen molar-refractivity contribution in [2.24, 2.45) is 0 Å². The third kappa shape index (κ3) is 4.81. The van der Waals surface area contributed by atoms with Crippen LogP contribution in [0.15, 0.2) is 48.1 Å². The Bertz CT molecular complexity index is 1120. The minimum Gasteiger partial charge on any atom is -0.394 e. The molecule has 1 aromatic carbocycles. The molecule has 1 saturated heterocycles. The van der Waals surface area contributed by atoms with Crippen LogP contribution in [0.4, 0.5) is 5.69 Å². The van der Waals surface area contributed by atoms with Crippen LogP contribution in [0.2, 0.25) is 5.15 Å². The van der Waals surface area contributed by atoms with Crippen LogP contribution in [-0.4, -0.2) is 51.0 Å². The number of amides is 2. The zero-order valence-electron chi connectivity index (χ0n) is 17.2. The van der Waals surface area contributed by atoms with Crippen molar-refractivity contribution in [2.75, 3.05) is 18.5 Å². The quantitative estimate of drug-likeness (QED) is 0.534. The number of aliphatic hydroxyl groups is 1. The maximum absolute atomic E-state index is 12.5. The first kappa shape index (κ1) is 22.3. The van der Waals surface area contributed by atoms with Gasteiger partial charge in [0.25, 0.3) is 5.91 Å². The molecule has 1 aliphatic rings. The molecule has 3 heterocycles. The highest BCUT2D eigenvalue weighted by atomic mass is 35.5. The summed E-state index contributed by atoms with van der Waals surface area (Å²) >= 11 is 7.33. The van der Waals surface area contributed by atoms with Crippen molar-refractivity contribution in [3.8, 4) is 0 Å². The first-order chi connectivity index (χ1) is 15.5. The molecule has 1 fully saturated rings. The van der Waals surface area contributed by atoms with Crippen molar-refractivity contribution in [1.82, 2.24) is 14.9 Å². The van der Waals surface area contributed by atoms with E-state index in [4.69, 9.17) is 16.3 Å². The molecule has 0 radical (unpaired) electrons. The number of hydrogen-bond donors (Lipinski definition) is 2. The molecule has 0 spiro atoms. The van der Waals surface area contributed by atoms with Crippen LogP contribution >= 0.6 is 22.9 Å². The zero-order chi connectivity index (χ0) is 22.7. The van der Waals surface area contributed by atoms with Crippen LogP contribution in [0.3, 0.4) is 0 Å². The SMILES string of the molecule is Cc1ncsc1CN1C(=O)CO[C@H](c2ccc(NC(=O)c3ccnc(Cl)c3)cc2)[C@H]1CO. The molecule has 4 rings (SSSR count). The third-order valence-corrected chi connectivity index (χ3v) is 6.41. The fourth-order valence-electron chi connectivity index (χ4n) is 3.56. The van der Waals surface area contributed by atoms with Crippen molar-refractivity contribution < 1.29 is 19.4 Å². The molecule has 2 atom stereocenters. The van der Waals surface area contributed by atoms with Gasteiger partial charge in [-0.1, -0.05) is 23.7 Å². The molecule has 2 N–H and O–H groups in total. The second kappa shape index (κ2) is 9.74. The number of rotatable bonds is 6. The first-order valence-electron chi connectivity index (χ1n) is 9.90. The normalized spacial score (nSPS) is 18.6. The minimum atomic E-state index is -0.530. The Hall–Kier alpha value is -2.85. The summed E-state index contributed by atoms with van der Waals surface area (Å²) < 4.78 is 5.79. The van der Waals surface area contributed by atoms with Gasteiger partial charge in [-0.15, -0.1) is 11.3 Å². The summed E-state index contributed by atoms with van der Waals surface area (Å²) in [6.07, 6.45) is 0.978. The van der Waals surface area contributed by atoms with Crippen LogP contribution in [0.1, 0.15) is 32.6 Å². The summed E-state index contributed by atoms with van der Waals surface area (Å²) in [6.45, 7) is 1.97.